The highest BCUT2D eigenvalue weighted by Crippen LogP contribution is 2.20. The van der Waals surface area contributed by atoms with Gasteiger partial charge in [0.2, 0.25) is 0 Å². The van der Waals surface area contributed by atoms with Gasteiger partial charge in [-0.3, -0.25) is 0 Å². The monoisotopic (exact) mass is 243 g/mol. The first-order chi connectivity index (χ1) is 8.70. The van der Waals surface area contributed by atoms with Crippen molar-refractivity contribution in [1.82, 2.24) is 9.97 Å². The summed E-state index contributed by atoms with van der Waals surface area (Å²) in [6.45, 7) is 7.28. The zero-order valence-corrected chi connectivity index (χ0v) is 11.3. The summed E-state index contributed by atoms with van der Waals surface area (Å²) in [7, 11) is 0. The summed E-state index contributed by atoms with van der Waals surface area (Å²) < 4.78 is 0. The minimum Gasteiger partial charge on any atom is -0.379 e. The van der Waals surface area contributed by atoms with E-state index in [4.69, 9.17) is 0 Å². The number of anilines is 1. The number of aromatic amines is 1. The fourth-order valence-corrected chi connectivity index (χ4v) is 1.92. The number of benzene rings is 1. The third-order valence-electron chi connectivity index (χ3n) is 3.49. The van der Waals surface area contributed by atoms with E-state index in [0.717, 1.165) is 23.6 Å². The summed E-state index contributed by atoms with van der Waals surface area (Å²) in [6.07, 6.45) is 2.91. The average molecular weight is 243 g/mol. The lowest BCUT2D eigenvalue weighted by molar-refractivity contribution is 0.734. The Morgan fingerprint density at radius 2 is 2.00 bits per heavy atom. The smallest absolute Gasteiger partial charge is 0.0925 e. The van der Waals surface area contributed by atoms with Crippen LogP contribution in [0.3, 0.4) is 0 Å². The van der Waals surface area contributed by atoms with Gasteiger partial charge in [-0.2, -0.15) is 0 Å². The molecule has 0 saturated carbocycles. The van der Waals surface area contributed by atoms with Gasteiger partial charge in [0.25, 0.3) is 0 Å². The molecule has 0 radical (unpaired) electrons. The molecule has 2 N–H and O–H groups in total. The molecule has 0 fully saturated rings. The quantitative estimate of drug-likeness (QED) is 0.837. The molecule has 0 aliphatic carbocycles. The predicted molar refractivity (Wildman–Crippen MR) is 75.8 cm³/mol. The van der Waals surface area contributed by atoms with Gasteiger partial charge < -0.3 is 10.3 Å². The Morgan fingerprint density at radius 1 is 1.28 bits per heavy atom. The van der Waals surface area contributed by atoms with E-state index < -0.39 is 0 Å². The van der Waals surface area contributed by atoms with Gasteiger partial charge in [-0.05, 0) is 37.0 Å². The van der Waals surface area contributed by atoms with Crippen LogP contribution in [0, 0.1) is 6.92 Å². The second kappa shape index (κ2) is 5.71. The van der Waals surface area contributed by atoms with Gasteiger partial charge in [0, 0.05) is 11.4 Å². The molecule has 0 aliphatic heterocycles. The third-order valence-corrected chi connectivity index (χ3v) is 3.49. The van der Waals surface area contributed by atoms with E-state index in [0.29, 0.717) is 5.92 Å². The van der Waals surface area contributed by atoms with Crippen molar-refractivity contribution in [1.29, 1.82) is 0 Å². The first-order valence-electron chi connectivity index (χ1n) is 6.53. The summed E-state index contributed by atoms with van der Waals surface area (Å²) in [6, 6.07) is 8.69. The molecule has 2 aromatic rings. The van der Waals surface area contributed by atoms with Crippen molar-refractivity contribution in [3.8, 4) is 0 Å². The molecule has 0 amide bonds. The van der Waals surface area contributed by atoms with Crippen molar-refractivity contribution >= 4 is 5.69 Å². The summed E-state index contributed by atoms with van der Waals surface area (Å²) in [5.74, 6) is 0.632. The van der Waals surface area contributed by atoms with Crippen molar-refractivity contribution in [2.75, 3.05) is 5.32 Å². The molecular formula is C15H21N3. The van der Waals surface area contributed by atoms with Crippen LogP contribution in [-0.4, -0.2) is 9.97 Å². The maximum Gasteiger partial charge on any atom is 0.0925 e. The topological polar surface area (TPSA) is 40.7 Å². The summed E-state index contributed by atoms with van der Waals surface area (Å²) in [5, 5.41) is 3.39. The Bertz CT molecular complexity index is 485. The van der Waals surface area contributed by atoms with Gasteiger partial charge in [0.05, 0.1) is 18.6 Å². The molecule has 1 unspecified atom stereocenters. The molecule has 18 heavy (non-hydrogen) atoms. The molecule has 1 atom stereocenters. The molecule has 0 aliphatic rings. The van der Waals surface area contributed by atoms with Gasteiger partial charge in [-0.1, -0.05) is 26.0 Å². The molecule has 0 bridgehead atoms. The summed E-state index contributed by atoms with van der Waals surface area (Å²) in [4.78, 5) is 7.36. The Morgan fingerprint density at radius 3 is 2.56 bits per heavy atom. The highest BCUT2D eigenvalue weighted by atomic mass is 14.9. The second-order valence-corrected chi connectivity index (χ2v) is 4.76. The van der Waals surface area contributed by atoms with E-state index >= 15 is 0 Å². The molecule has 3 nitrogen and oxygen atoms in total. The minimum absolute atomic E-state index is 0.632. The van der Waals surface area contributed by atoms with E-state index in [-0.39, 0.29) is 0 Å². The van der Waals surface area contributed by atoms with Crippen LogP contribution < -0.4 is 5.32 Å². The normalized spacial score (nSPS) is 12.4. The van der Waals surface area contributed by atoms with Crippen molar-refractivity contribution in [3.05, 3.63) is 47.5 Å². The van der Waals surface area contributed by atoms with Crippen molar-refractivity contribution < 1.29 is 0 Å². The molecule has 1 heterocycles. The molecule has 0 saturated heterocycles. The van der Waals surface area contributed by atoms with Crippen LogP contribution in [0.4, 0.5) is 5.69 Å². The lowest BCUT2D eigenvalue weighted by Gasteiger charge is -2.10. The number of rotatable bonds is 5. The number of imidazole rings is 1. The highest BCUT2D eigenvalue weighted by Gasteiger charge is 2.03. The predicted octanol–water partition coefficient (Wildman–Crippen LogP) is 3.84. The van der Waals surface area contributed by atoms with Crippen molar-refractivity contribution in [2.24, 2.45) is 0 Å². The van der Waals surface area contributed by atoms with E-state index in [9.17, 15) is 0 Å². The van der Waals surface area contributed by atoms with Crippen LogP contribution in [0.2, 0.25) is 0 Å². The third kappa shape index (κ3) is 2.92. The lowest BCUT2D eigenvalue weighted by atomic mass is 9.99. The Kier molecular flexibility index (Phi) is 4.03. The van der Waals surface area contributed by atoms with Gasteiger partial charge in [-0.15, -0.1) is 0 Å². The largest absolute Gasteiger partial charge is 0.379 e. The van der Waals surface area contributed by atoms with E-state index in [2.05, 4.69) is 53.4 Å². The molecule has 3 heteroatoms. The number of aryl methyl sites for hydroxylation is 1. The fraction of sp³-hybridized carbons (Fsp3) is 0.400. The van der Waals surface area contributed by atoms with Crippen molar-refractivity contribution in [2.45, 2.75) is 39.7 Å². The lowest BCUT2D eigenvalue weighted by Crippen LogP contribution is -2.01. The molecule has 2 rings (SSSR count). The van der Waals surface area contributed by atoms with Crippen LogP contribution in [-0.2, 0) is 6.54 Å². The zero-order chi connectivity index (χ0) is 13.0. The molecule has 1 aromatic carbocycles. The minimum atomic E-state index is 0.632. The number of nitrogens with zero attached hydrogens (tertiary/aromatic N) is 1. The first-order valence-corrected chi connectivity index (χ1v) is 6.53. The highest BCUT2D eigenvalue weighted by molar-refractivity contribution is 5.45. The number of hydrogen-bond acceptors (Lipinski definition) is 2. The van der Waals surface area contributed by atoms with Crippen LogP contribution >= 0.6 is 0 Å². The van der Waals surface area contributed by atoms with Crippen LogP contribution in [0.25, 0.3) is 0 Å². The Hall–Kier alpha value is -1.77. The number of aromatic nitrogens is 2. The van der Waals surface area contributed by atoms with Crippen LogP contribution in [0.15, 0.2) is 30.6 Å². The van der Waals surface area contributed by atoms with Gasteiger partial charge >= 0.3 is 0 Å². The van der Waals surface area contributed by atoms with Gasteiger partial charge in [0.1, 0.15) is 0 Å². The van der Waals surface area contributed by atoms with Gasteiger partial charge in [-0.25, -0.2) is 4.98 Å². The average Bonchev–Trinajstić information content (AvgIpc) is 2.81. The molecule has 1 aromatic heterocycles. The Balaban J connectivity index is 1.96. The van der Waals surface area contributed by atoms with Crippen LogP contribution in [0.5, 0.6) is 0 Å². The Labute approximate surface area is 109 Å². The maximum absolute atomic E-state index is 4.27. The van der Waals surface area contributed by atoms with E-state index in [1.807, 2.05) is 6.92 Å². The number of H-pyrrole nitrogens is 1. The molecular weight excluding hydrogens is 222 g/mol. The maximum atomic E-state index is 4.27. The molecule has 0 spiro atoms. The SMILES string of the molecule is CCC(C)c1ccc(NCc2nc[nH]c2C)cc1. The first kappa shape index (κ1) is 12.7. The van der Waals surface area contributed by atoms with E-state index in [1.54, 1.807) is 6.33 Å². The van der Waals surface area contributed by atoms with Crippen molar-refractivity contribution in [3.63, 3.8) is 0 Å². The standard InChI is InChI=1S/C15H21N3/c1-4-11(2)13-5-7-14(8-6-13)16-9-15-12(3)17-10-18-15/h5-8,10-11,16H,4,9H2,1-3H3,(H,17,18). The number of nitrogens with one attached hydrogen (secondary N) is 2. The van der Waals surface area contributed by atoms with Gasteiger partial charge in [0.15, 0.2) is 0 Å². The second-order valence-electron chi connectivity index (χ2n) is 4.76. The molecule has 96 valence electrons. The fourth-order valence-electron chi connectivity index (χ4n) is 1.92. The summed E-state index contributed by atoms with van der Waals surface area (Å²) >= 11 is 0. The van der Waals surface area contributed by atoms with E-state index in [1.165, 1.54) is 12.0 Å². The number of hydrogen-bond donors (Lipinski definition) is 2. The summed E-state index contributed by atoms with van der Waals surface area (Å²) in [5.41, 5.74) is 4.74. The van der Waals surface area contributed by atoms with Crippen LogP contribution in [0.1, 0.15) is 43.1 Å². The zero-order valence-electron chi connectivity index (χ0n) is 11.3.